The fourth-order valence-corrected chi connectivity index (χ4v) is 3.47. The molecule has 7 heteroatoms. The summed E-state index contributed by atoms with van der Waals surface area (Å²) in [4.78, 5) is 0.000612. The average molecular weight is 332 g/mol. The van der Waals surface area contributed by atoms with Gasteiger partial charge in [0.15, 0.2) is 0 Å². The van der Waals surface area contributed by atoms with Gasteiger partial charge in [-0.25, -0.2) is 8.42 Å². The van der Waals surface area contributed by atoms with E-state index >= 15 is 0 Å². The van der Waals surface area contributed by atoms with Crippen LogP contribution < -0.4 is 14.2 Å². The van der Waals surface area contributed by atoms with Crippen molar-refractivity contribution in [3.8, 4) is 17.6 Å². The molecule has 0 saturated heterocycles. The van der Waals surface area contributed by atoms with Crippen LogP contribution in [0.3, 0.4) is 0 Å². The lowest BCUT2D eigenvalue weighted by Crippen LogP contribution is -2.14. The smallest absolute Gasteiger partial charge is 0.265 e. The van der Waals surface area contributed by atoms with Gasteiger partial charge in [0.25, 0.3) is 10.0 Å². The number of ether oxygens (including phenoxy) is 2. The largest absolute Gasteiger partial charge is 0.496 e. The summed E-state index contributed by atoms with van der Waals surface area (Å²) < 4.78 is 38.1. The van der Waals surface area contributed by atoms with Crippen LogP contribution in [0.2, 0.25) is 0 Å². The molecular formula is C16H16N2O4S. The molecule has 0 heterocycles. The van der Waals surface area contributed by atoms with Crippen molar-refractivity contribution in [1.82, 2.24) is 0 Å². The third-order valence-electron chi connectivity index (χ3n) is 3.28. The Hall–Kier alpha value is -2.72. The van der Waals surface area contributed by atoms with Crippen LogP contribution in [-0.4, -0.2) is 22.6 Å². The molecule has 0 saturated carbocycles. The predicted molar refractivity (Wildman–Crippen MR) is 86.2 cm³/mol. The van der Waals surface area contributed by atoms with E-state index in [0.717, 1.165) is 0 Å². The van der Waals surface area contributed by atoms with Crippen molar-refractivity contribution in [2.45, 2.75) is 11.8 Å². The molecule has 1 N–H and O–H groups in total. The number of sulfonamides is 1. The third-order valence-corrected chi connectivity index (χ3v) is 4.68. The first kappa shape index (κ1) is 16.6. The van der Waals surface area contributed by atoms with Gasteiger partial charge in [-0.15, -0.1) is 0 Å². The molecule has 0 bridgehead atoms. The molecule has 0 aliphatic heterocycles. The summed E-state index contributed by atoms with van der Waals surface area (Å²) in [6.45, 7) is 1.72. The van der Waals surface area contributed by atoms with E-state index in [-0.39, 0.29) is 10.6 Å². The van der Waals surface area contributed by atoms with E-state index in [1.807, 2.05) is 6.07 Å². The van der Waals surface area contributed by atoms with Gasteiger partial charge >= 0.3 is 0 Å². The first-order chi connectivity index (χ1) is 10.9. The van der Waals surface area contributed by atoms with Crippen LogP contribution in [0, 0.1) is 18.3 Å². The van der Waals surface area contributed by atoms with E-state index in [9.17, 15) is 8.42 Å². The van der Waals surface area contributed by atoms with E-state index in [0.29, 0.717) is 22.6 Å². The zero-order valence-corrected chi connectivity index (χ0v) is 13.8. The van der Waals surface area contributed by atoms with Gasteiger partial charge in [-0.3, -0.25) is 4.72 Å². The Bertz CT molecular complexity index is 870. The Morgan fingerprint density at radius 3 is 2.48 bits per heavy atom. The average Bonchev–Trinajstić information content (AvgIpc) is 2.54. The van der Waals surface area contributed by atoms with Gasteiger partial charge in [-0.2, -0.15) is 5.26 Å². The Labute approximate surface area is 135 Å². The SMILES string of the molecule is COc1ccc(S(=O)(=O)Nc2cccc(C#N)c2)c(OC)c1C. The van der Waals surface area contributed by atoms with Crippen LogP contribution in [0.4, 0.5) is 5.69 Å². The van der Waals surface area contributed by atoms with E-state index in [2.05, 4.69) is 4.72 Å². The first-order valence-electron chi connectivity index (χ1n) is 6.67. The van der Waals surface area contributed by atoms with Gasteiger partial charge in [0, 0.05) is 5.56 Å². The fraction of sp³-hybridized carbons (Fsp3) is 0.188. The van der Waals surface area contributed by atoms with E-state index in [1.165, 1.54) is 26.4 Å². The van der Waals surface area contributed by atoms with Crippen molar-refractivity contribution >= 4 is 15.7 Å². The fourth-order valence-electron chi connectivity index (χ4n) is 2.20. The minimum atomic E-state index is -3.87. The maximum atomic E-state index is 12.6. The first-order valence-corrected chi connectivity index (χ1v) is 8.16. The number of hydrogen-bond acceptors (Lipinski definition) is 5. The lowest BCUT2D eigenvalue weighted by molar-refractivity contribution is 0.380. The molecule has 2 rings (SSSR count). The molecular weight excluding hydrogens is 316 g/mol. The lowest BCUT2D eigenvalue weighted by atomic mass is 10.2. The van der Waals surface area contributed by atoms with Gasteiger partial charge in [-0.05, 0) is 37.3 Å². The van der Waals surface area contributed by atoms with Crippen molar-refractivity contribution in [1.29, 1.82) is 5.26 Å². The van der Waals surface area contributed by atoms with Crippen LogP contribution in [0.5, 0.6) is 11.5 Å². The molecule has 0 amide bonds. The molecule has 120 valence electrons. The molecule has 0 unspecified atom stereocenters. The summed E-state index contributed by atoms with van der Waals surface area (Å²) in [5.41, 5.74) is 1.26. The number of nitrogens with zero attached hydrogens (tertiary/aromatic N) is 1. The van der Waals surface area contributed by atoms with Gasteiger partial charge < -0.3 is 9.47 Å². The normalized spacial score (nSPS) is 10.7. The minimum absolute atomic E-state index is 0.000612. The second kappa shape index (κ2) is 6.58. The number of rotatable bonds is 5. The number of methoxy groups -OCH3 is 2. The molecule has 0 radical (unpaired) electrons. The minimum Gasteiger partial charge on any atom is -0.496 e. The molecule has 2 aromatic rings. The summed E-state index contributed by atoms with van der Waals surface area (Å²) in [7, 11) is -0.967. The van der Waals surface area contributed by atoms with Crippen molar-refractivity contribution in [3.05, 3.63) is 47.5 Å². The molecule has 0 aliphatic rings. The molecule has 0 aromatic heterocycles. The Kier molecular flexibility index (Phi) is 4.77. The highest BCUT2D eigenvalue weighted by molar-refractivity contribution is 7.92. The van der Waals surface area contributed by atoms with Crippen LogP contribution in [-0.2, 0) is 10.0 Å². The van der Waals surface area contributed by atoms with E-state index in [1.54, 1.807) is 31.2 Å². The number of nitrogens with one attached hydrogen (secondary N) is 1. The Balaban J connectivity index is 2.48. The molecule has 0 fully saturated rings. The number of nitriles is 1. The number of anilines is 1. The second-order valence-electron chi connectivity index (χ2n) is 4.72. The Morgan fingerprint density at radius 1 is 1.13 bits per heavy atom. The maximum absolute atomic E-state index is 12.6. The Morgan fingerprint density at radius 2 is 1.87 bits per heavy atom. The lowest BCUT2D eigenvalue weighted by Gasteiger charge is -2.15. The highest BCUT2D eigenvalue weighted by atomic mass is 32.2. The molecule has 23 heavy (non-hydrogen) atoms. The van der Waals surface area contributed by atoms with Crippen molar-refractivity contribution in [3.63, 3.8) is 0 Å². The van der Waals surface area contributed by atoms with Crippen molar-refractivity contribution < 1.29 is 17.9 Å². The maximum Gasteiger partial charge on any atom is 0.265 e. The molecule has 2 aromatic carbocycles. The summed E-state index contributed by atoms with van der Waals surface area (Å²) in [6.07, 6.45) is 0. The summed E-state index contributed by atoms with van der Waals surface area (Å²) in [6, 6.07) is 11.2. The number of benzene rings is 2. The van der Waals surface area contributed by atoms with Crippen molar-refractivity contribution in [2.24, 2.45) is 0 Å². The van der Waals surface area contributed by atoms with E-state index in [4.69, 9.17) is 14.7 Å². The van der Waals surface area contributed by atoms with Crippen LogP contribution >= 0.6 is 0 Å². The highest BCUT2D eigenvalue weighted by Gasteiger charge is 2.23. The topological polar surface area (TPSA) is 88.4 Å². The third kappa shape index (κ3) is 3.38. The molecule has 0 spiro atoms. The molecule has 0 aliphatic carbocycles. The van der Waals surface area contributed by atoms with Crippen molar-refractivity contribution in [2.75, 3.05) is 18.9 Å². The summed E-state index contributed by atoms with van der Waals surface area (Å²) in [5.74, 6) is 0.751. The molecule has 0 atom stereocenters. The summed E-state index contributed by atoms with van der Waals surface area (Å²) >= 11 is 0. The second-order valence-corrected chi connectivity index (χ2v) is 6.37. The number of hydrogen-bond donors (Lipinski definition) is 1. The van der Waals surface area contributed by atoms with Gasteiger partial charge in [0.2, 0.25) is 0 Å². The highest BCUT2D eigenvalue weighted by Crippen LogP contribution is 2.34. The predicted octanol–water partition coefficient (Wildman–Crippen LogP) is 2.68. The van der Waals surface area contributed by atoms with Gasteiger partial charge in [0.05, 0.1) is 31.5 Å². The van der Waals surface area contributed by atoms with Gasteiger partial charge in [-0.1, -0.05) is 6.07 Å². The zero-order valence-electron chi connectivity index (χ0n) is 13.0. The van der Waals surface area contributed by atoms with Crippen LogP contribution in [0.1, 0.15) is 11.1 Å². The zero-order chi connectivity index (χ0) is 17.0. The van der Waals surface area contributed by atoms with Gasteiger partial charge in [0.1, 0.15) is 16.4 Å². The monoisotopic (exact) mass is 332 g/mol. The summed E-state index contributed by atoms with van der Waals surface area (Å²) in [5, 5.41) is 8.89. The quantitative estimate of drug-likeness (QED) is 0.909. The molecule has 6 nitrogen and oxygen atoms in total. The van der Waals surface area contributed by atoms with E-state index < -0.39 is 10.0 Å². The standard InChI is InChI=1S/C16H16N2O4S/c1-11-14(21-2)7-8-15(16(11)22-3)23(19,20)18-13-6-4-5-12(9-13)10-17/h4-9,18H,1-3H3. The van der Waals surface area contributed by atoms with Crippen LogP contribution in [0.15, 0.2) is 41.3 Å². The van der Waals surface area contributed by atoms with Crippen LogP contribution in [0.25, 0.3) is 0 Å².